The molecule has 2 nitrogen and oxygen atoms in total. The normalized spacial score (nSPS) is 15.1. The zero-order valence-corrected chi connectivity index (χ0v) is 13.2. The van der Waals surface area contributed by atoms with Crippen LogP contribution in [0, 0.1) is 0 Å². The fraction of sp³-hybridized carbons (Fsp3) is 0.211. The van der Waals surface area contributed by atoms with Gasteiger partial charge in [-0.1, -0.05) is 48.5 Å². The molecule has 0 N–H and O–H groups in total. The van der Waals surface area contributed by atoms with Gasteiger partial charge < -0.3 is 4.74 Å². The molecule has 0 aliphatic heterocycles. The molecule has 0 heterocycles. The molecule has 0 saturated heterocycles. The van der Waals surface area contributed by atoms with E-state index in [0.29, 0.717) is 12.2 Å². The monoisotopic (exact) mass is 312 g/mol. The summed E-state index contributed by atoms with van der Waals surface area (Å²) in [5, 5.41) is 0.739. The summed E-state index contributed by atoms with van der Waals surface area (Å²) in [4.78, 5) is 11.5. The fourth-order valence-corrected chi connectivity index (χ4v) is 3.16. The molecule has 22 heavy (non-hydrogen) atoms. The van der Waals surface area contributed by atoms with Gasteiger partial charge >= 0.3 is 5.97 Å². The highest BCUT2D eigenvalue weighted by atomic mass is 35.5. The molecule has 0 bridgehead atoms. The first-order valence-corrected chi connectivity index (χ1v) is 7.67. The van der Waals surface area contributed by atoms with Crippen LogP contribution >= 0.6 is 11.6 Å². The molecule has 3 rings (SSSR count). The lowest BCUT2D eigenvalue weighted by Crippen LogP contribution is -2.09. The predicted octanol–water partition coefficient (Wildman–Crippen LogP) is 4.96. The Morgan fingerprint density at radius 3 is 2.68 bits per heavy atom. The van der Waals surface area contributed by atoms with E-state index in [4.69, 9.17) is 16.3 Å². The molecule has 2 aromatic rings. The number of hydrogen-bond acceptors (Lipinski definition) is 2. The van der Waals surface area contributed by atoms with Crippen LogP contribution in [0.25, 0.3) is 11.1 Å². The quantitative estimate of drug-likeness (QED) is 0.589. The molecule has 1 unspecified atom stereocenters. The Morgan fingerprint density at radius 1 is 1.18 bits per heavy atom. The van der Waals surface area contributed by atoms with Gasteiger partial charge in [0, 0.05) is 16.5 Å². The van der Waals surface area contributed by atoms with Gasteiger partial charge in [-0.3, -0.25) is 0 Å². The van der Waals surface area contributed by atoms with E-state index >= 15 is 0 Å². The van der Waals surface area contributed by atoms with Crippen LogP contribution in [0.2, 0.25) is 5.02 Å². The van der Waals surface area contributed by atoms with Gasteiger partial charge in [0.2, 0.25) is 0 Å². The van der Waals surface area contributed by atoms with Gasteiger partial charge in [0.15, 0.2) is 0 Å². The number of fused-ring (bicyclic) bond motifs is 3. The number of carbonyl (C=O) groups excluding carboxylic acids is 1. The van der Waals surface area contributed by atoms with E-state index in [1.165, 1.54) is 22.3 Å². The van der Waals surface area contributed by atoms with Gasteiger partial charge in [-0.15, -0.1) is 0 Å². The first-order chi connectivity index (χ1) is 10.6. The topological polar surface area (TPSA) is 26.3 Å². The average molecular weight is 313 g/mol. The number of halogens is 1. The first-order valence-electron chi connectivity index (χ1n) is 7.29. The van der Waals surface area contributed by atoms with Crippen molar-refractivity contribution in [3.8, 4) is 11.1 Å². The number of rotatable bonds is 4. The lowest BCUT2D eigenvalue weighted by Gasteiger charge is -2.14. The van der Waals surface area contributed by atoms with Crippen LogP contribution in [0.1, 0.15) is 30.4 Å². The Bertz CT molecular complexity index is 749. The molecule has 0 fully saturated rings. The van der Waals surface area contributed by atoms with Gasteiger partial charge in [0.05, 0.1) is 6.61 Å². The van der Waals surface area contributed by atoms with Crippen LogP contribution in [-0.4, -0.2) is 12.6 Å². The van der Waals surface area contributed by atoms with E-state index in [-0.39, 0.29) is 11.9 Å². The maximum atomic E-state index is 11.5. The summed E-state index contributed by atoms with van der Waals surface area (Å²) in [7, 11) is 0. The molecular formula is C19H17ClO2. The summed E-state index contributed by atoms with van der Waals surface area (Å²) in [5.41, 5.74) is 5.35. The highest BCUT2D eigenvalue weighted by Gasteiger charge is 2.28. The molecular weight excluding hydrogens is 296 g/mol. The molecule has 2 aromatic carbocycles. The number of carbonyl (C=O) groups is 1. The second-order valence-electron chi connectivity index (χ2n) is 5.58. The van der Waals surface area contributed by atoms with Crippen LogP contribution in [-0.2, 0) is 9.53 Å². The Hall–Kier alpha value is -2.06. The van der Waals surface area contributed by atoms with Crippen LogP contribution in [0.3, 0.4) is 0 Å². The van der Waals surface area contributed by atoms with Crippen molar-refractivity contribution in [3.05, 3.63) is 70.8 Å². The van der Waals surface area contributed by atoms with Crippen molar-refractivity contribution in [3.63, 3.8) is 0 Å². The van der Waals surface area contributed by atoms with Crippen molar-refractivity contribution < 1.29 is 9.53 Å². The van der Waals surface area contributed by atoms with Gasteiger partial charge in [0.1, 0.15) is 0 Å². The average Bonchev–Trinajstić information content (AvgIpc) is 2.81. The van der Waals surface area contributed by atoms with Gasteiger partial charge in [-0.25, -0.2) is 4.79 Å². The summed E-state index contributed by atoms with van der Waals surface area (Å²) in [6.07, 6.45) is 0.755. The molecule has 1 aliphatic carbocycles. The molecule has 1 aliphatic rings. The van der Waals surface area contributed by atoms with Crippen molar-refractivity contribution in [2.24, 2.45) is 0 Å². The van der Waals surface area contributed by atoms with E-state index in [1.807, 2.05) is 24.3 Å². The minimum absolute atomic E-state index is 0.237. The summed E-state index contributed by atoms with van der Waals surface area (Å²) < 4.78 is 5.25. The van der Waals surface area contributed by atoms with E-state index in [2.05, 4.69) is 24.8 Å². The molecule has 0 aromatic heterocycles. The van der Waals surface area contributed by atoms with Crippen molar-refractivity contribution in [2.75, 3.05) is 6.61 Å². The van der Waals surface area contributed by atoms with Crippen LogP contribution in [0.4, 0.5) is 0 Å². The van der Waals surface area contributed by atoms with Crippen LogP contribution in [0.15, 0.2) is 54.6 Å². The van der Waals surface area contributed by atoms with Crippen LogP contribution in [0.5, 0.6) is 0 Å². The number of benzene rings is 2. The summed E-state index contributed by atoms with van der Waals surface area (Å²) in [6.45, 7) is 5.64. The van der Waals surface area contributed by atoms with Gasteiger partial charge in [-0.2, -0.15) is 0 Å². The highest BCUT2D eigenvalue weighted by molar-refractivity contribution is 6.31. The van der Waals surface area contributed by atoms with E-state index in [9.17, 15) is 4.79 Å². The Morgan fingerprint density at radius 2 is 1.91 bits per heavy atom. The lowest BCUT2D eigenvalue weighted by molar-refractivity contribution is -0.139. The standard InChI is InChI=1S/C19H17ClO2/c1-12(2)19(21)22-10-9-17-14-5-3-4-6-15(14)18-11-13(20)7-8-16(17)18/h3-8,11,17H,1,9-10H2,2H3. The molecule has 0 saturated carbocycles. The summed E-state index contributed by atoms with van der Waals surface area (Å²) >= 11 is 6.14. The second-order valence-corrected chi connectivity index (χ2v) is 6.01. The largest absolute Gasteiger partial charge is 0.462 e. The fourth-order valence-electron chi connectivity index (χ4n) is 2.98. The minimum atomic E-state index is -0.331. The molecule has 0 radical (unpaired) electrons. The first kappa shape index (κ1) is 14.9. The maximum Gasteiger partial charge on any atom is 0.333 e. The zero-order chi connectivity index (χ0) is 15.7. The van der Waals surface area contributed by atoms with Gasteiger partial charge in [-0.05, 0) is 47.7 Å². The highest BCUT2D eigenvalue weighted by Crippen LogP contribution is 2.46. The molecule has 3 heteroatoms. The van der Waals surface area contributed by atoms with Gasteiger partial charge in [0.25, 0.3) is 0 Å². The van der Waals surface area contributed by atoms with Crippen molar-refractivity contribution in [1.82, 2.24) is 0 Å². The molecule has 0 amide bonds. The number of hydrogen-bond donors (Lipinski definition) is 0. The van der Waals surface area contributed by atoms with Crippen molar-refractivity contribution in [2.45, 2.75) is 19.3 Å². The molecule has 0 spiro atoms. The Kier molecular flexibility index (Phi) is 4.04. The number of ether oxygens (including phenoxy) is 1. The number of esters is 1. The third-order valence-electron chi connectivity index (χ3n) is 4.01. The predicted molar refractivity (Wildman–Crippen MR) is 89.1 cm³/mol. The van der Waals surface area contributed by atoms with E-state index < -0.39 is 0 Å². The third-order valence-corrected chi connectivity index (χ3v) is 4.24. The van der Waals surface area contributed by atoms with E-state index in [1.54, 1.807) is 6.92 Å². The minimum Gasteiger partial charge on any atom is -0.462 e. The smallest absolute Gasteiger partial charge is 0.333 e. The van der Waals surface area contributed by atoms with Crippen LogP contribution < -0.4 is 0 Å². The lowest BCUT2D eigenvalue weighted by atomic mass is 9.94. The SMILES string of the molecule is C=C(C)C(=O)OCCC1c2ccccc2-c2cc(Cl)ccc21. The van der Waals surface area contributed by atoms with Crippen molar-refractivity contribution >= 4 is 17.6 Å². The maximum absolute atomic E-state index is 11.5. The van der Waals surface area contributed by atoms with Crippen molar-refractivity contribution in [1.29, 1.82) is 0 Å². The second kappa shape index (κ2) is 5.98. The summed E-state index contributed by atoms with van der Waals surface area (Å²) in [5.74, 6) is -0.0935. The molecule has 1 atom stereocenters. The molecule has 112 valence electrons. The van der Waals surface area contributed by atoms with E-state index in [0.717, 1.165) is 11.4 Å². The Labute approximate surface area is 135 Å². The summed E-state index contributed by atoms with van der Waals surface area (Å²) in [6, 6.07) is 14.3. The zero-order valence-electron chi connectivity index (χ0n) is 12.4. The third kappa shape index (κ3) is 2.67. The Balaban J connectivity index is 1.86.